The van der Waals surface area contributed by atoms with Crippen LogP contribution in [-0.2, 0) is 0 Å². The second-order valence-corrected chi connectivity index (χ2v) is 4.04. The first kappa shape index (κ1) is 11.7. The summed E-state index contributed by atoms with van der Waals surface area (Å²) in [6, 6.07) is 6.79. The Morgan fingerprint density at radius 1 is 1.41 bits per heavy atom. The number of nitrogens with one attached hydrogen (secondary N) is 1. The number of urea groups is 1. The quantitative estimate of drug-likeness (QED) is 0.813. The fraction of sp³-hybridized carbons (Fsp3) is 0.417. The number of likely N-dealkylation sites (N-methyl/N-ethyl adjacent to an activating group) is 1. The van der Waals surface area contributed by atoms with Gasteiger partial charge in [-0.3, -0.25) is 4.90 Å². The topological polar surface area (TPSA) is 55.8 Å². The molecule has 0 bridgehead atoms. The number of rotatable bonds is 4. The van der Waals surface area contributed by atoms with E-state index in [4.69, 9.17) is 0 Å². The van der Waals surface area contributed by atoms with Crippen LogP contribution in [-0.4, -0.2) is 49.3 Å². The van der Waals surface area contributed by atoms with Gasteiger partial charge >= 0.3 is 6.03 Å². The minimum absolute atomic E-state index is 0.00542. The van der Waals surface area contributed by atoms with Gasteiger partial charge in [0.25, 0.3) is 0 Å². The number of hydrogen-bond donors (Lipinski definition) is 2. The summed E-state index contributed by atoms with van der Waals surface area (Å²) >= 11 is 0. The maximum atomic E-state index is 12.1. The lowest BCUT2D eigenvalue weighted by atomic mass is 10.3. The van der Waals surface area contributed by atoms with Gasteiger partial charge in [0.15, 0.2) is 0 Å². The summed E-state index contributed by atoms with van der Waals surface area (Å²) in [5.41, 5.74) is 0.752. The van der Waals surface area contributed by atoms with Crippen LogP contribution in [0.4, 0.5) is 10.5 Å². The van der Waals surface area contributed by atoms with E-state index in [0.717, 1.165) is 18.8 Å². The van der Waals surface area contributed by atoms with E-state index in [0.29, 0.717) is 13.1 Å². The van der Waals surface area contributed by atoms with Crippen LogP contribution in [0.2, 0.25) is 0 Å². The second kappa shape index (κ2) is 5.05. The van der Waals surface area contributed by atoms with Crippen LogP contribution in [0, 0.1) is 0 Å². The van der Waals surface area contributed by atoms with Crippen molar-refractivity contribution in [1.82, 2.24) is 10.2 Å². The molecule has 17 heavy (non-hydrogen) atoms. The zero-order valence-electron chi connectivity index (χ0n) is 9.89. The third kappa shape index (κ3) is 2.50. The maximum absolute atomic E-state index is 12.1. The summed E-state index contributed by atoms with van der Waals surface area (Å²) in [6.45, 7) is 2.91. The number of benzene rings is 1. The zero-order chi connectivity index (χ0) is 12.3. The Kier molecular flexibility index (Phi) is 3.49. The highest BCUT2D eigenvalue weighted by molar-refractivity contribution is 5.94. The van der Waals surface area contributed by atoms with Gasteiger partial charge in [0.2, 0.25) is 0 Å². The fourth-order valence-corrected chi connectivity index (χ4v) is 1.94. The lowest BCUT2D eigenvalue weighted by Gasteiger charge is -2.18. The fourth-order valence-electron chi connectivity index (χ4n) is 1.94. The van der Waals surface area contributed by atoms with E-state index in [1.807, 2.05) is 13.1 Å². The zero-order valence-corrected chi connectivity index (χ0v) is 9.89. The van der Waals surface area contributed by atoms with Crippen LogP contribution in [0.25, 0.3) is 0 Å². The van der Waals surface area contributed by atoms with Gasteiger partial charge in [0.05, 0.1) is 0 Å². The Balaban J connectivity index is 2.07. The van der Waals surface area contributed by atoms with Gasteiger partial charge in [-0.05, 0) is 19.2 Å². The van der Waals surface area contributed by atoms with Crippen molar-refractivity contribution >= 4 is 11.7 Å². The summed E-state index contributed by atoms with van der Waals surface area (Å²) in [5, 5.41) is 12.4. The van der Waals surface area contributed by atoms with Crippen LogP contribution in [0.15, 0.2) is 24.3 Å². The Morgan fingerprint density at radius 3 is 2.94 bits per heavy atom. The molecule has 0 spiro atoms. The minimum atomic E-state index is 0.00542. The second-order valence-electron chi connectivity index (χ2n) is 4.04. The Morgan fingerprint density at radius 2 is 2.24 bits per heavy atom. The van der Waals surface area contributed by atoms with E-state index >= 15 is 0 Å². The molecule has 0 saturated carbocycles. The predicted octanol–water partition coefficient (Wildman–Crippen LogP) is 0.854. The number of amides is 2. The van der Waals surface area contributed by atoms with Crippen molar-refractivity contribution < 1.29 is 9.90 Å². The molecule has 0 aliphatic carbocycles. The van der Waals surface area contributed by atoms with Crippen molar-refractivity contribution in [3.05, 3.63) is 24.3 Å². The molecule has 1 aliphatic heterocycles. The van der Waals surface area contributed by atoms with Gasteiger partial charge < -0.3 is 15.3 Å². The molecular weight excluding hydrogens is 218 g/mol. The van der Waals surface area contributed by atoms with E-state index in [1.165, 1.54) is 0 Å². The lowest BCUT2D eigenvalue weighted by Crippen LogP contribution is -2.35. The van der Waals surface area contributed by atoms with E-state index in [9.17, 15) is 9.90 Å². The molecule has 1 saturated heterocycles. The van der Waals surface area contributed by atoms with Crippen molar-refractivity contribution in [2.45, 2.75) is 0 Å². The number of hydrogen-bond acceptors (Lipinski definition) is 3. The number of carbonyl (C=O) groups is 1. The third-order valence-electron chi connectivity index (χ3n) is 2.87. The first-order chi connectivity index (χ1) is 8.22. The van der Waals surface area contributed by atoms with Crippen molar-refractivity contribution in [3.8, 4) is 5.75 Å². The molecule has 2 amide bonds. The summed E-state index contributed by atoms with van der Waals surface area (Å²) < 4.78 is 0. The maximum Gasteiger partial charge on any atom is 0.324 e. The third-order valence-corrected chi connectivity index (χ3v) is 2.87. The largest absolute Gasteiger partial charge is 0.508 e. The highest BCUT2D eigenvalue weighted by Gasteiger charge is 2.28. The normalized spacial score (nSPS) is 15.7. The lowest BCUT2D eigenvalue weighted by molar-refractivity contribution is 0.221. The van der Waals surface area contributed by atoms with E-state index in [2.05, 4.69) is 5.32 Å². The molecule has 2 rings (SSSR count). The first-order valence-electron chi connectivity index (χ1n) is 5.72. The number of aromatic hydroxyl groups is 1. The molecule has 2 N–H and O–H groups in total. The number of anilines is 1. The molecule has 1 aromatic rings. The summed E-state index contributed by atoms with van der Waals surface area (Å²) in [7, 11) is 1.87. The van der Waals surface area contributed by atoms with Crippen LogP contribution in [0.1, 0.15) is 0 Å². The number of phenolic OH excluding ortho intramolecular Hbond substituents is 1. The molecule has 92 valence electrons. The molecule has 5 nitrogen and oxygen atoms in total. The molecule has 0 unspecified atom stereocenters. The molecule has 0 atom stereocenters. The van der Waals surface area contributed by atoms with E-state index in [1.54, 1.807) is 28.0 Å². The van der Waals surface area contributed by atoms with Crippen molar-refractivity contribution in [1.29, 1.82) is 0 Å². The minimum Gasteiger partial charge on any atom is -0.508 e. The molecule has 1 fully saturated rings. The standard InChI is InChI=1S/C12H17N3O2/c1-13-5-6-14-7-8-15(12(14)17)10-3-2-4-11(16)9-10/h2-4,9,13,16H,5-8H2,1H3. The molecule has 0 radical (unpaired) electrons. The average Bonchev–Trinajstić information content (AvgIpc) is 2.68. The van der Waals surface area contributed by atoms with Gasteiger partial charge in [0.1, 0.15) is 5.75 Å². The molecular formula is C12H17N3O2. The van der Waals surface area contributed by atoms with E-state index < -0.39 is 0 Å². The first-order valence-corrected chi connectivity index (χ1v) is 5.72. The number of carbonyl (C=O) groups excluding carboxylic acids is 1. The van der Waals surface area contributed by atoms with Gasteiger partial charge in [0, 0.05) is 37.9 Å². The average molecular weight is 235 g/mol. The van der Waals surface area contributed by atoms with Gasteiger partial charge in [-0.2, -0.15) is 0 Å². The number of phenols is 1. The Labute approximate surface area is 101 Å². The number of nitrogens with zero attached hydrogens (tertiary/aromatic N) is 2. The highest BCUT2D eigenvalue weighted by atomic mass is 16.3. The van der Waals surface area contributed by atoms with Crippen LogP contribution in [0.3, 0.4) is 0 Å². The van der Waals surface area contributed by atoms with Crippen molar-refractivity contribution in [3.63, 3.8) is 0 Å². The molecule has 0 aromatic heterocycles. The van der Waals surface area contributed by atoms with Crippen LogP contribution < -0.4 is 10.2 Å². The Hall–Kier alpha value is -1.75. The molecule has 5 heteroatoms. The van der Waals surface area contributed by atoms with Gasteiger partial charge in [-0.25, -0.2) is 4.79 Å². The SMILES string of the molecule is CNCCN1CCN(c2cccc(O)c2)C1=O. The van der Waals surface area contributed by atoms with Gasteiger partial charge in [-0.15, -0.1) is 0 Å². The van der Waals surface area contributed by atoms with E-state index in [-0.39, 0.29) is 11.8 Å². The summed E-state index contributed by atoms with van der Waals surface area (Å²) in [4.78, 5) is 15.6. The predicted molar refractivity (Wildman–Crippen MR) is 66.3 cm³/mol. The highest BCUT2D eigenvalue weighted by Crippen LogP contribution is 2.23. The van der Waals surface area contributed by atoms with Crippen LogP contribution >= 0.6 is 0 Å². The van der Waals surface area contributed by atoms with Crippen LogP contribution in [0.5, 0.6) is 5.75 Å². The monoisotopic (exact) mass is 235 g/mol. The van der Waals surface area contributed by atoms with Crippen molar-refractivity contribution in [2.75, 3.05) is 38.1 Å². The molecule has 1 aromatic carbocycles. The summed E-state index contributed by atoms with van der Waals surface area (Å²) in [6.07, 6.45) is 0. The summed E-state index contributed by atoms with van der Waals surface area (Å²) in [5.74, 6) is 0.184. The smallest absolute Gasteiger partial charge is 0.324 e. The van der Waals surface area contributed by atoms with Crippen molar-refractivity contribution in [2.24, 2.45) is 0 Å². The molecule has 1 heterocycles. The van der Waals surface area contributed by atoms with Gasteiger partial charge in [-0.1, -0.05) is 6.07 Å². The Bertz CT molecular complexity index is 408. The molecule has 1 aliphatic rings.